The van der Waals surface area contributed by atoms with E-state index in [9.17, 15) is 4.79 Å². The van der Waals surface area contributed by atoms with Gasteiger partial charge in [-0.1, -0.05) is 24.6 Å². The molecule has 1 aliphatic heterocycles. The lowest BCUT2D eigenvalue weighted by atomic mass is 10.1. The maximum absolute atomic E-state index is 12.2. The van der Waals surface area contributed by atoms with E-state index in [0.29, 0.717) is 10.7 Å². The van der Waals surface area contributed by atoms with E-state index >= 15 is 0 Å². The van der Waals surface area contributed by atoms with E-state index in [0.717, 1.165) is 15.8 Å². The van der Waals surface area contributed by atoms with Gasteiger partial charge >= 0.3 is 0 Å². The number of amides is 1. The van der Waals surface area contributed by atoms with Crippen LogP contribution in [0.5, 0.6) is 0 Å². The van der Waals surface area contributed by atoms with Gasteiger partial charge in [-0.3, -0.25) is 15.0 Å². The first-order chi connectivity index (χ1) is 12.6. The molecule has 1 saturated heterocycles. The van der Waals surface area contributed by atoms with Crippen LogP contribution in [0.4, 0.5) is 5.69 Å². The highest BCUT2D eigenvalue weighted by Crippen LogP contribution is 2.15. The van der Waals surface area contributed by atoms with E-state index in [2.05, 4.69) is 50.3 Å². The highest BCUT2D eigenvalue weighted by molar-refractivity contribution is 14.1. The summed E-state index contributed by atoms with van der Waals surface area (Å²) >= 11 is 7.44. The van der Waals surface area contributed by atoms with Crippen LogP contribution in [0.3, 0.4) is 0 Å². The fourth-order valence-electron chi connectivity index (χ4n) is 3.04. The normalized spacial score (nSPS) is 14.7. The van der Waals surface area contributed by atoms with Crippen molar-refractivity contribution in [2.24, 2.45) is 0 Å². The van der Waals surface area contributed by atoms with Crippen molar-refractivity contribution in [3.63, 3.8) is 0 Å². The molecule has 3 rings (SSSR count). The molecule has 0 saturated carbocycles. The number of nitrogens with zero attached hydrogens (tertiary/aromatic N) is 1. The van der Waals surface area contributed by atoms with Crippen molar-refractivity contribution in [3.8, 4) is 0 Å². The van der Waals surface area contributed by atoms with Gasteiger partial charge in [-0.15, -0.1) is 0 Å². The summed E-state index contributed by atoms with van der Waals surface area (Å²) in [6, 6.07) is 15.6. The van der Waals surface area contributed by atoms with Crippen molar-refractivity contribution >= 4 is 51.5 Å². The van der Waals surface area contributed by atoms with E-state index in [-0.39, 0.29) is 5.91 Å². The molecular formula is C20H22IN3OS. The maximum Gasteiger partial charge on any atom is 0.257 e. The van der Waals surface area contributed by atoms with Crippen molar-refractivity contribution < 1.29 is 4.79 Å². The zero-order valence-electron chi connectivity index (χ0n) is 14.5. The van der Waals surface area contributed by atoms with Gasteiger partial charge in [0.25, 0.3) is 5.91 Å². The minimum absolute atomic E-state index is 0.206. The van der Waals surface area contributed by atoms with Crippen LogP contribution < -0.4 is 10.6 Å². The molecule has 0 bridgehead atoms. The van der Waals surface area contributed by atoms with Crippen LogP contribution in [0.1, 0.15) is 35.2 Å². The lowest BCUT2D eigenvalue weighted by molar-refractivity contribution is 0.0977. The molecule has 1 aliphatic rings. The van der Waals surface area contributed by atoms with Gasteiger partial charge in [0.15, 0.2) is 5.11 Å². The number of thiocarbonyl (C=S) groups is 1. The number of carbonyl (C=O) groups is 1. The number of hydrogen-bond acceptors (Lipinski definition) is 3. The highest BCUT2D eigenvalue weighted by atomic mass is 127. The lowest BCUT2D eigenvalue weighted by Gasteiger charge is -2.26. The molecule has 1 heterocycles. The van der Waals surface area contributed by atoms with E-state index in [4.69, 9.17) is 12.2 Å². The molecule has 1 fully saturated rings. The molecule has 2 aromatic rings. The van der Waals surface area contributed by atoms with Gasteiger partial charge in [-0.05, 0) is 96.6 Å². The molecule has 4 nitrogen and oxygen atoms in total. The second-order valence-electron chi connectivity index (χ2n) is 6.45. The molecule has 0 radical (unpaired) electrons. The van der Waals surface area contributed by atoms with Gasteiger partial charge in [-0.25, -0.2) is 0 Å². The second-order valence-corrected chi connectivity index (χ2v) is 8.11. The Morgan fingerprint density at radius 2 is 1.81 bits per heavy atom. The topological polar surface area (TPSA) is 44.4 Å². The van der Waals surface area contributed by atoms with Gasteiger partial charge in [0.2, 0.25) is 0 Å². The molecule has 6 heteroatoms. The third-order valence-corrected chi connectivity index (χ3v) is 5.26. The van der Waals surface area contributed by atoms with E-state index in [1.165, 1.54) is 37.9 Å². The Bertz CT molecular complexity index is 773. The number of likely N-dealkylation sites (tertiary alicyclic amines) is 1. The first-order valence-electron chi connectivity index (χ1n) is 8.79. The Hall–Kier alpha value is -1.51. The number of piperidine rings is 1. The van der Waals surface area contributed by atoms with Crippen LogP contribution in [0.2, 0.25) is 0 Å². The fraction of sp³-hybridized carbons (Fsp3) is 0.300. The van der Waals surface area contributed by atoms with Crippen LogP contribution in [0.15, 0.2) is 48.5 Å². The van der Waals surface area contributed by atoms with Gasteiger partial charge < -0.3 is 5.32 Å². The van der Waals surface area contributed by atoms with E-state index in [1.54, 1.807) is 6.07 Å². The number of anilines is 1. The van der Waals surface area contributed by atoms with E-state index < -0.39 is 0 Å². The quantitative estimate of drug-likeness (QED) is 0.504. The number of rotatable bonds is 4. The maximum atomic E-state index is 12.2. The molecule has 0 aromatic heterocycles. The zero-order chi connectivity index (χ0) is 18.4. The first-order valence-corrected chi connectivity index (χ1v) is 10.3. The lowest BCUT2D eigenvalue weighted by Crippen LogP contribution is -2.34. The van der Waals surface area contributed by atoms with Gasteiger partial charge in [0.1, 0.15) is 0 Å². The summed E-state index contributed by atoms with van der Waals surface area (Å²) in [6.45, 7) is 3.37. The van der Waals surface area contributed by atoms with Crippen LogP contribution in [0.25, 0.3) is 0 Å². The third kappa shape index (κ3) is 5.75. The SMILES string of the molecule is O=C(NC(=S)Nc1ccc(CN2CCCCC2)cc1)c1cccc(I)c1. The molecular weight excluding hydrogens is 457 g/mol. The van der Waals surface area contributed by atoms with Gasteiger partial charge in [-0.2, -0.15) is 0 Å². The number of hydrogen-bond donors (Lipinski definition) is 2. The van der Waals surface area contributed by atoms with Crippen molar-refractivity contribution in [3.05, 3.63) is 63.2 Å². The largest absolute Gasteiger partial charge is 0.332 e. The third-order valence-electron chi connectivity index (χ3n) is 4.38. The summed E-state index contributed by atoms with van der Waals surface area (Å²) in [4.78, 5) is 14.7. The van der Waals surface area contributed by atoms with E-state index in [1.807, 2.05) is 30.3 Å². The minimum Gasteiger partial charge on any atom is -0.332 e. The Morgan fingerprint density at radius 3 is 2.50 bits per heavy atom. The molecule has 0 atom stereocenters. The summed E-state index contributed by atoms with van der Waals surface area (Å²) in [5.74, 6) is -0.206. The molecule has 0 unspecified atom stereocenters. The minimum atomic E-state index is -0.206. The summed E-state index contributed by atoms with van der Waals surface area (Å²) in [7, 11) is 0. The van der Waals surface area contributed by atoms with Crippen LogP contribution in [-0.4, -0.2) is 29.0 Å². The standard InChI is InChI=1S/C20H22IN3OS/c21-17-6-4-5-16(13-17)19(25)23-20(26)22-18-9-7-15(8-10-18)14-24-11-2-1-3-12-24/h4-10,13H,1-3,11-12,14H2,(H2,22,23,25,26). The average Bonchev–Trinajstić information content (AvgIpc) is 2.64. The summed E-state index contributed by atoms with van der Waals surface area (Å²) in [5, 5.41) is 6.10. The number of halogens is 1. The zero-order valence-corrected chi connectivity index (χ0v) is 17.5. The fourth-order valence-corrected chi connectivity index (χ4v) is 3.79. The van der Waals surface area contributed by atoms with Crippen molar-refractivity contribution in [2.45, 2.75) is 25.8 Å². The summed E-state index contributed by atoms with van der Waals surface area (Å²) < 4.78 is 1.01. The van der Waals surface area contributed by atoms with Gasteiger partial charge in [0, 0.05) is 21.4 Å². The van der Waals surface area contributed by atoms with Crippen molar-refractivity contribution in [2.75, 3.05) is 18.4 Å². The summed E-state index contributed by atoms with van der Waals surface area (Å²) in [6.07, 6.45) is 3.95. The van der Waals surface area contributed by atoms with Crippen LogP contribution in [0, 0.1) is 3.57 Å². The number of nitrogens with one attached hydrogen (secondary N) is 2. The summed E-state index contributed by atoms with van der Waals surface area (Å²) in [5.41, 5.74) is 2.77. The molecule has 26 heavy (non-hydrogen) atoms. The number of carbonyl (C=O) groups excluding carboxylic acids is 1. The molecule has 1 amide bonds. The monoisotopic (exact) mass is 479 g/mol. The van der Waals surface area contributed by atoms with Gasteiger partial charge in [0.05, 0.1) is 0 Å². The highest BCUT2D eigenvalue weighted by Gasteiger charge is 2.11. The molecule has 2 N–H and O–H groups in total. The number of benzene rings is 2. The van der Waals surface area contributed by atoms with Crippen LogP contribution >= 0.6 is 34.8 Å². The molecule has 136 valence electrons. The van der Waals surface area contributed by atoms with Crippen LogP contribution in [-0.2, 0) is 6.54 Å². The Morgan fingerprint density at radius 1 is 1.08 bits per heavy atom. The predicted molar refractivity (Wildman–Crippen MR) is 118 cm³/mol. The predicted octanol–water partition coefficient (Wildman–Crippen LogP) is 4.40. The Balaban J connectivity index is 1.51. The average molecular weight is 479 g/mol. The molecule has 0 spiro atoms. The first kappa shape index (κ1) is 19.3. The Labute approximate surface area is 173 Å². The Kier molecular flexibility index (Phi) is 6.99. The molecule has 0 aliphatic carbocycles. The second kappa shape index (κ2) is 9.43. The molecule has 2 aromatic carbocycles. The van der Waals surface area contributed by atoms with Crippen molar-refractivity contribution in [1.29, 1.82) is 0 Å². The van der Waals surface area contributed by atoms with Crippen molar-refractivity contribution in [1.82, 2.24) is 10.2 Å². The smallest absolute Gasteiger partial charge is 0.257 e.